The van der Waals surface area contributed by atoms with Gasteiger partial charge >= 0.3 is 5.69 Å². The van der Waals surface area contributed by atoms with Gasteiger partial charge < -0.3 is 5.11 Å². The number of nitro benzene ring substituents is 1. The number of nitrogens with zero attached hydrogens (tertiary/aromatic N) is 1. The lowest BCUT2D eigenvalue weighted by Crippen LogP contribution is -2.15. The second-order valence-electron chi connectivity index (χ2n) is 4.17. The number of phenols is 1. The first-order valence-electron chi connectivity index (χ1n) is 4.87. The first kappa shape index (κ1) is 11.5. The van der Waals surface area contributed by atoms with Crippen LogP contribution in [0, 0.1) is 10.1 Å². The van der Waals surface area contributed by atoms with Gasteiger partial charge in [-0.05, 0) is 11.8 Å². The van der Waals surface area contributed by atoms with Crippen LogP contribution in [-0.4, -0.2) is 10.0 Å². The van der Waals surface area contributed by atoms with Crippen LogP contribution in [0.25, 0.3) is 0 Å². The molecule has 0 saturated heterocycles. The summed E-state index contributed by atoms with van der Waals surface area (Å²) in [5.74, 6) is -0.214. The maximum Gasteiger partial charge on any atom is 0.311 e. The third kappa shape index (κ3) is 2.09. The molecule has 0 radical (unpaired) electrons. The largest absolute Gasteiger partial charge is 0.502 e. The summed E-state index contributed by atoms with van der Waals surface area (Å²) in [6.45, 7) is 5.88. The lowest BCUT2D eigenvalue weighted by atomic mass is 9.81. The molecule has 0 atom stereocenters. The van der Waals surface area contributed by atoms with Gasteiger partial charge in [0.25, 0.3) is 0 Å². The molecule has 0 heterocycles. The average Bonchev–Trinajstić information content (AvgIpc) is 2.17. The molecule has 1 aromatic rings. The maximum absolute atomic E-state index is 10.6. The van der Waals surface area contributed by atoms with Crippen molar-refractivity contribution in [2.75, 3.05) is 0 Å². The van der Waals surface area contributed by atoms with E-state index < -0.39 is 4.92 Å². The molecular weight excluding hydrogens is 194 g/mol. The van der Waals surface area contributed by atoms with E-state index in [0.717, 1.165) is 6.42 Å². The Morgan fingerprint density at radius 2 is 2.07 bits per heavy atom. The van der Waals surface area contributed by atoms with Crippen LogP contribution in [0.1, 0.15) is 32.8 Å². The standard InChI is InChI=1S/C11H15NO3/c1-4-11(2,3)8-6-5-7-9(10(8)13)12(14)15/h5-7,13H,4H2,1-3H3. The minimum atomic E-state index is -0.565. The quantitative estimate of drug-likeness (QED) is 0.614. The monoisotopic (exact) mass is 209 g/mol. The van der Waals surface area contributed by atoms with E-state index in [0.29, 0.717) is 5.56 Å². The Balaban J connectivity index is 3.33. The Kier molecular flexibility index (Phi) is 2.98. The molecule has 0 unspecified atom stereocenters. The molecule has 0 aromatic heterocycles. The molecule has 0 aliphatic rings. The lowest BCUT2D eigenvalue weighted by molar-refractivity contribution is -0.386. The van der Waals surface area contributed by atoms with Gasteiger partial charge in [0.2, 0.25) is 0 Å². The van der Waals surface area contributed by atoms with E-state index in [1.165, 1.54) is 6.07 Å². The fourth-order valence-electron chi connectivity index (χ4n) is 1.42. The molecule has 0 amide bonds. The number of hydrogen-bond donors (Lipinski definition) is 1. The first-order valence-corrected chi connectivity index (χ1v) is 4.87. The van der Waals surface area contributed by atoms with Crippen molar-refractivity contribution in [3.05, 3.63) is 33.9 Å². The number of benzene rings is 1. The van der Waals surface area contributed by atoms with Gasteiger partial charge in [-0.2, -0.15) is 0 Å². The molecule has 0 bridgehead atoms. The predicted octanol–water partition coefficient (Wildman–Crippen LogP) is 2.99. The summed E-state index contributed by atoms with van der Waals surface area (Å²) in [4.78, 5) is 10.1. The highest BCUT2D eigenvalue weighted by Gasteiger charge is 2.26. The van der Waals surface area contributed by atoms with Crippen molar-refractivity contribution in [1.29, 1.82) is 0 Å². The van der Waals surface area contributed by atoms with E-state index >= 15 is 0 Å². The number of rotatable bonds is 3. The Hall–Kier alpha value is -1.58. The SMILES string of the molecule is CCC(C)(C)c1cccc([N+](=O)[O-])c1O. The highest BCUT2D eigenvalue weighted by Crippen LogP contribution is 2.38. The fourth-order valence-corrected chi connectivity index (χ4v) is 1.42. The summed E-state index contributed by atoms with van der Waals surface area (Å²) >= 11 is 0. The van der Waals surface area contributed by atoms with Crippen LogP contribution in [-0.2, 0) is 5.41 Å². The predicted molar refractivity (Wildman–Crippen MR) is 58.1 cm³/mol. The van der Waals surface area contributed by atoms with Gasteiger partial charge in [0.15, 0.2) is 5.75 Å². The Labute approximate surface area is 88.7 Å². The normalized spacial score (nSPS) is 11.4. The summed E-state index contributed by atoms with van der Waals surface area (Å²) in [6.07, 6.45) is 0.807. The fraction of sp³-hybridized carbons (Fsp3) is 0.455. The third-order valence-corrected chi connectivity index (χ3v) is 2.82. The van der Waals surface area contributed by atoms with Gasteiger partial charge in [-0.25, -0.2) is 0 Å². The van der Waals surface area contributed by atoms with E-state index in [1.807, 2.05) is 20.8 Å². The van der Waals surface area contributed by atoms with Crippen LogP contribution < -0.4 is 0 Å². The summed E-state index contributed by atoms with van der Waals surface area (Å²) < 4.78 is 0. The Morgan fingerprint density at radius 1 is 1.47 bits per heavy atom. The molecule has 0 aliphatic heterocycles. The van der Waals surface area contributed by atoms with Crippen LogP contribution >= 0.6 is 0 Å². The average molecular weight is 209 g/mol. The summed E-state index contributed by atoms with van der Waals surface area (Å²) in [7, 11) is 0. The number of aromatic hydroxyl groups is 1. The van der Waals surface area contributed by atoms with Gasteiger partial charge in [-0.3, -0.25) is 10.1 Å². The van der Waals surface area contributed by atoms with Gasteiger partial charge in [-0.15, -0.1) is 0 Å². The zero-order chi connectivity index (χ0) is 11.6. The topological polar surface area (TPSA) is 63.4 Å². The smallest absolute Gasteiger partial charge is 0.311 e. The summed E-state index contributed by atoms with van der Waals surface area (Å²) in [5, 5.41) is 20.4. The molecule has 0 spiro atoms. The zero-order valence-electron chi connectivity index (χ0n) is 9.15. The Bertz CT molecular complexity index is 385. The maximum atomic E-state index is 10.6. The molecule has 0 aliphatic carbocycles. The molecule has 1 N–H and O–H groups in total. The highest BCUT2D eigenvalue weighted by molar-refractivity contribution is 5.53. The zero-order valence-corrected chi connectivity index (χ0v) is 9.15. The molecule has 1 aromatic carbocycles. The van der Waals surface area contributed by atoms with Crippen LogP contribution in [0.15, 0.2) is 18.2 Å². The second-order valence-corrected chi connectivity index (χ2v) is 4.17. The second kappa shape index (κ2) is 3.88. The molecule has 4 heteroatoms. The number of nitro groups is 1. The van der Waals surface area contributed by atoms with Crippen molar-refractivity contribution >= 4 is 5.69 Å². The minimum absolute atomic E-state index is 0.214. The molecule has 0 saturated carbocycles. The van der Waals surface area contributed by atoms with Gasteiger partial charge in [0.1, 0.15) is 0 Å². The van der Waals surface area contributed by atoms with Crippen molar-refractivity contribution < 1.29 is 10.0 Å². The van der Waals surface area contributed by atoms with Crippen molar-refractivity contribution in [2.45, 2.75) is 32.6 Å². The number of phenolic OH excluding ortho intramolecular Hbond substituents is 1. The van der Waals surface area contributed by atoms with Crippen molar-refractivity contribution in [1.82, 2.24) is 0 Å². The first-order chi connectivity index (χ1) is 6.90. The molecule has 82 valence electrons. The van der Waals surface area contributed by atoms with Crippen LogP contribution in [0.2, 0.25) is 0 Å². The van der Waals surface area contributed by atoms with Crippen LogP contribution in [0.4, 0.5) is 5.69 Å². The summed E-state index contributed by atoms with van der Waals surface area (Å²) in [5.41, 5.74) is 0.143. The molecule has 1 rings (SSSR count). The van der Waals surface area contributed by atoms with Crippen molar-refractivity contribution in [3.8, 4) is 5.75 Å². The van der Waals surface area contributed by atoms with Crippen molar-refractivity contribution in [2.24, 2.45) is 0 Å². The number of para-hydroxylation sites is 1. The Morgan fingerprint density at radius 3 is 2.53 bits per heavy atom. The van der Waals surface area contributed by atoms with Crippen molar-refractivity contribution in [3.63, 3.8) is 0 Å². The molecule has 4 nitrogen and oxygen atoms in total. The van der Waals surface area contributed by atoms with Crippen LogP contribution in [0.5, 0.6) is 5.75 Å². The molecule has 15 heavy (non-hydrogen) atoms. The van der Waals surface area contributed by atoms with E-state index in [-0.39, 0.29) is 16.9 Å². The van der Waals surface area contributed by atoms with Gasteiger partial charge in [0.05, 0.1) is 4.92 Å². The van der Waals surface area contributed by atoms with E-state index in [1.54, 1.807) is 12.1 Å². The van der Waals surface area contributed by atoms with E-state index in [9.17, 15) is 15.2 Å². The van der Waals surface area contributed by atoms with E-state index in [2.05, 4.69) is 0 Å². The molecular formula is C11H15NO3. The van der Waals surface area contributed by atoms with Gasteiger partial charge in [-0.1, -0.05) is 32.9 Å². The minimum Gasteiger partial charge on any atom is -0.502 e. The lowest BCUT2D eigenvalue weighted by Gasteiger charge is -2.23. The van der Waals surface area contributed by atoms with Gasteiger partial charge in [0, 0.05) is 11.6 Å². The summed E-state index contributed by atoms with van der Waals surface area (Å²) in [6, 6.07) is 4.64. The number of hydrogen-bond acceptors (Lipinski definition) is 3. The third-order valence-electron chi connectivity index (χ3n) is 2.82. The van der Waals surface area contributed by atoms with E-state index in [4.69, 9.17) is 0 Å². The van der Waals surface area contributed by atoms with Crippen LogP contribution in [0.3, 0.4) is 0 Å². The molecule has 0 fully saturated rings. The highest BCUT2D eigenvalue weighted by atomic mass is 16.6.